The molecule has 4 nitrogen and oxygen atoms in total. The van der Waals surface area contributed by atoms with Crippen molar-refractivity contribution < 1.29 is 9.53 Å². The van der Waals surface area contributed by atoms with Crippen LogP contribution < -0.4 is 15.4 Å². The Balaban J connectivity index is 2.12. The first-order valence-electron chi connectivity index (χ1n) is 6.84. The quantitative estimate of drug-likeness (QED) is 0.887. The van der Waals surface area contributed by atoms with Gasteiger partial charge in [-0.25, -0.2) is 0 Å². The number of aryl methyl sites for hydroxylation is 1. The molecule has 0 atom stereocenters. The number of anilines is 1. The fraction of sp³-hybridized carbons (Fsp3) is 0.235. The fourth-order valence-electron chi connectivity index (χ4n) is 2.18. The first kappa shape index (κ1) is 14.9. The minimum atomic E-state index is -0.106. The maximum absolute atomic E-state index is 12.3. The van der Waals surface area contributed by atoms with Gasteiger partial charge in [0.1, 0.15) is 5.75 Å². The van der Waals surface area contributed by atoms with E-state index in [0.29, 0.717) is 12.1 Å². The number of carbonyl (C=O) groups is 1. The SMILES string of the molecule is CNc1cc(C)ccc1C(=O)NCc1ccccc1OC. The molecule has 0 aliphatic carbocycles. The van der Waals surface area contributed by atoms with E-state index in [4.69, 9.17) is 4.74 Å². The summed E-state index contributed by atoms with van der Waals surface area (Å²) in [6.45, 7) is 2.43. The summed E-state index contributed by atoms with van der Waals surface area (Å²) in [7, 11) is 3.44. The molecule has 110 valence electrons. The van der Waals surface area contributed by atoms with E-state index in [1.165, 1.54) is 0 Å². The molecule has 4 heteroatoms. The van der Waals surface area contributed by atoms with E-state index in [0.717, 1.165) is 22.6 Å². The largest absolute Gasteiger partial charge is 0.496 e. The van der Waals surface area contributed by atoms with Gasteiger partial charge in [-0.2, -0.15) is 0 Å². The summed E-state index contributed by atoms with van der Waals surface area (Å²) in [6, 6.07) is 13.4. The molecule has 0 spiro atoms. The van der Waals surface area contributed by atoms with Crippen LogP contribution in [0.5, 0.6) is 5.75 Å². The molecule has 21 heavy (non-hydrogen) atoms. The van der Waals surface area contributed by atoms with Crippen LogP contribution >= 0.6 is 0 Å². The van der Waals surface area contributed by atoms with Crippen molar-refractivity contribution in [2.45, 2.75) is 13.5 Å². The predicted molar refractivity (Wildman–Crippen MR) is 84.9 cm³/mol. The average Bonchev–Trinajstić information content (AvgIpc) is 2.52. The molecular formula is C17H20N2O2. The summed E-state index contributed by atoms with van der Waals surface area (Å²) in [5.74, 6) is 0.667. The van der Waals surface area contributed by atoms with Crippen molar-refractivity contribution in [3.63, 3.8) is 0 Å². The van der Waals surface area contributed by atoms with Crippen LogP contribution in [0, 0.1) is 6.92 Å². The van der Waals surface area contributed by atoms with E-state index in [1.807, 2.05) is 56.4 Å². The zero-order valence-corrected chi connectivity index (χ0v) is 12.6. The topological polar surface area (TPSA) is 50.4 Å². The van der Waals surface area contributed by atoms with Gasteiger partial charge in [-0.15, -0.1) is 0 Å². The first-order valence-corrected chi connectivity index (χ1v) is 6.84. The van der Waals surface area contributed by atoms with Crippen LogP contribution in [0.3, 0.4) is 0 Å². The average molecular weight is 284 g/mol. The van der Waals surface area contributed by atoms with Crippen molar-refractivity contribution in [2.75, 3.05) is 19.5 Å². The first-order chi connectivity index (χ1) is 10.2. The Morgan fingerprint density at radius 1 is 1.19 bits per heavy atom. The number of hydrogen-bond acceptors (Lipinski definition) is 3. The molecule has 0 bridgehead atoms. The predicted octanol–water partition coefficient (Wildman–Crippen LogP) is 2.98. The Kier molecular flexibility index (Phi) is 4.82. The minimum absolute atomic E-state index is 0.106. The zero-order chi connectivity index (χ0) is 15.2. The second kappa shape index (κ2) is 6.79. The van der Waals surface area contributed by atoms with Gasteiger partial charge in [0.25, 0.3) is 5.91 Å². The maximum atomic E-state index is 12.3. The molecule has 2 N–H and O–H groups in total. The third kappa shape index (κ3) is 3.54. The van der Waals surface area contributed by atoms with Crippen molar-refractivity contribution in [1.29, 1.82) is 0 Å². The van der Waals surface area contributed by atoms with Crippen molar-refractivity contribution >= 4 is 11.6 Å². The molecule has 0 radical (unpaired) electrons. The molecule has 0 fully saturated rings. The highest BCUT2D eigenvalue weighted by molar-refractivity contribution is 5.99. The van der Waals surface area contributed by atoms with E-state index < -0.39 is 0 Å². The van der Waals surface area contributed by atoms with Crippen LogP contribution in [0.25, 0.3) is 0 Å². The number of carbonyl (C=O) groups excluding carboxylic acids is 1. The zero-order valence-electron chi connectivity index (χ0n) is 12.6. The molecule has 1 amide bonds. The van der Waals surface area contributed by atoms with Gasteiger partial charge in [0, 0.05) is 24.8 Å². The lowest BCUT2D eigenvalue weighted by Crippen LogP contribution is -2.24. The summed E-state index contributed by atoms with van der Waals surface area (Å²) < 4.78 is 5.28. The lowest BCUT2D eigenvalue weighted by atomic mass is 10.1. The van der Waals surface area contributed by atoms with Gasteiger partial charge in [0.15, 0.2) is 0 Å². The number of ether oxygens (including phenoxy) is 1. The lowest BCUT2D eigenvalue weighted by Gasteiger charge is -2.12. The molecule has 0 aliphatic heterocycles. The number of nitrogens with one attached hydrogen (secondary N) is 2. The highest BCUT2D eigenvalue weighted by Gasteiger charge is 2.11. The molecule has 2 aromatic carbocycles. The molecule has 0 saturated heterocycles. The molecule has 0 saturated carbocycles. The number of benzene rings is 2. The Hall–Kier alpha value is -2.49. The fourth-order valence-corrected chi connectivity index (χ4v) is 2.18. The molecule has 2 rings (SSSR count). The number of amides is 1. The second-order valence-electron chi connectivity index (χ2n) is 4.79. The van der Waals surface area contributed by atoms with Gasteiger partial charge < -0.3 is 15.4 Å². The Labute approximate surface area is 125 Å². The third-order valence-electron chi connectivity index (χ3n) is 3.32. The summed E-state index contributed by atoms with van der Waals surface area (Å²) in [5, 5.41) is 5.98. The Morgan fingerprint density at radius 3 is 2.67 bits per heavy atom. The van der Waals surface area contributed by atoms with Crippen molar-refractivity contribution in [1.82, 2.24) is 5.32 Å². The molecule has 0 aromatic heterocycles. The van der Waals surface area contributed by atoms with Crippen LogP contribution in [0.1, 0.15) is 21.5 Å². The van der Waals surface area contributed by atoms with E-state index in [9.17, 15) is 4.79 Å². The molecule has 0 heterocycles. The highest BCUT2D eigenvalue weighted by atomic mass is 16.5. The summed E-state index contributed by atoms with van der Waals surface area (Å²) in [5.41, 5.74) is 3.53. The molecular weight excluding hydrogens is 264 g/mol. The van der Waals surface area contributed by atoms with Crippen molar-refractivity contribution in [3.8, 4) is 5.75 Å². The second-order valence-corrected chi connectivity index (χ2v) is 4.79. The van der Waals surface area contributed by atoms with Crippen LogP contribution in [0.15, 0.2) is 42.5 Å². The molecule has 2 aromatic rings. The molecule has 0 unspecified atom stereocenters. The van der Waals surface area contributed by atoms with Crippen molar-refractivity contribution in [2.24, 2.45) is 0 Å². The standard InChI is InChI=1S/C17H20N2O2/c1-12-8-9-14(15(10-12)18-2)17(20)19-11-13-6-4-5-7-16(13)21-3/h4-10,18H,11H2,1-3H3,(H,19,20). The van der Waals surface area contributed by atoms with Crippen LogP contribution in [0.4, 0.5) is 5.69 Å². The van der Waals surface area contributed by atoms with E-state index >= 15 is 0 Å². The summed E-state index contributed by atoms with van der Waals surface area (Å²) in [4.78, 5) is 12.3. The summed E-state index contributed by atoms with van der Waals surface area (Å²) >= 11 is 0. The van der Waals surface area contributed by atoms with E-state index in [1.54, 1.807) is 7.11 Å². The number of rotatable bonds is 5. The van der Waals surface area contributed by atoms with Gasteiger partial charge in [-0.3, -0.25) is 4.79 Å². The van der Waals surface area contributed by atoms with Gasteiger partial charge in [-0.05, 0) is 30.7 Å². The lowest BCUT2D eigenvalue weighted by molar-refractivity contribution is 0.0951. The minimum Gasteiger partial charge on any atom is -0.496 e. The van der Waals surface area contributed by atoms with Gasteiger partial charge in [-0.1, -0.05) is 24.3 Å². The van der Waals surface area contributed by atoms with Crippen LogP contribution in [-0.2, 0) is 6.54 Å². The van der Waals surface area contributed by atoms with Crippen molar-refractivity contribution in [3.05, 3.63) is 59.2 Å². The Morgan fingerprint density at radius 2 is 1.95 bits per heavy atom. The molecule has 0 aliphatic rings. The van der Waals surface area contributed by atoms with E-state index in [-0.39, 0.29) is 5.91 Å². The smallest absolute Gasteiger partial charge is 0.253 e. The maximum Gasteiger partial charge on any atom is 0.253 e. The van der Waals surface area contributed by atoms with E-state index in [2.05, 4.69) is 10.6 Å². The van der Waals surface area contributed by atoms with Gasteiger partial charge >= 0.3 is 0 Å². The third-order valence-corrected chi connectivity index (χ3v) is 3.32. The van der Waals surface area contributed by atoms with Gasteiger partial charge in [0.2, 0.25) is 0 Å². The number of hydrogen-bond donors (Lipinski definition) is 2. The summed E-state index contributed by atoms with van der Waals surface area (Å²) in [6.07, 6.45) is 0. The Bertz CT molecular complexity index is 638. The highest BCUT2D eigenvalue weighted by Crippen LogP contribution is 2.19. The number of para-hydroxylation sites is 1. The number of methoxy groups -OCH3 is 1. The van der Waals surface area contributed by atoms with Gasteiger partial charge in [0.05, 0.1) is 12.7 Å². The monoisotopic (exact) mass is 284 g/mol. The van der Waals surface area contributed by atoms with Crippen LogP contribution in [0.2, 0.25) is 0 Å². The van der Waals surface area contributed by atoms with Crippen LogP contribution in [-0.4, -0.2) is 20.1 Å². The normalized spacial score (nSPS) is 10.0.